The van der Waals surface area contributed by atoms with Gasteiger partial charge in [0.05, 0.1) is 0 Å². The minimum Gasteiger partial charge on any atom is -0.299 e. The summed E-state index contributed by atoms with van der Waals surface area (Å²) < 4.78 is 12.4. The molecule has 0 saturated carbocycles. The molecule has 9 heavy (non-hydrogen) atoms. The highest BCUT2D eigenvalue weighted by Crippen LogP contribution is 2.11. The molecule has 54 valence electrons. The molecule has 0 spiro atoms. The summed E-state index contributed by atoms with van der Waals surface area (Å²) >= 11 is 5.47. The zero-order chi connectivity index (χ0) is 6.69. The Morgan fingerprint density at radius 1 is 1.67 bits per heavy atom. The second kappa shape index (κ2) is 3.37. The lowest BCUT2D eigenvalue weighted by atomic mass is 10.3. The van der Waals surface area contributed by atoms with Gasteiger partial charge in [0.1, 0.15) is 6.17 Å². The summed E-state index contributed by atoms with van der Waals surface area (Å²) in [5, 5.41) is 0. The summed E-state index contributed by atoms with van der Waals surface area (Å²) in [6.45, 7) is 2.31. The average molecular weight is 152 g/mol. The molecule has 0 radical (unpaired) electrons. The summed E-state index contributed by atoms with van der Waals surface area (Å²) in [6, 6.07) is 0. The van der Waals surface area contributed by atoms with E-state index in [2.05, 4.69) is 4.90 Å². The van der Waals surface area contributed by atoms with E-state index in [-0.39, 0.29) is 0 Å². The van der Waals surface area contributed by atoms with Crippen LogP contribution in [-0.4, -0.2) is 36.6 Å². The van der Waals surface area contributed by atoms with Crippen molar-refractivity contribution in [2.45, 2.75) is 12.6 Å². The topological polar surface area (TPSA) is 3.24 Å². The van der Waals surface area contributed by atoms with Gasteiger partial charge in [0, 0.05) is 25.5 Å². The van der Waals surface area contributed by atoms with Crippen LogP contribution in [0.4, 0.5) is 4.39 Å². The van der Waals surface area contributed by atoms with E-state index in [4.69, 9.17) is 11.6 Å². The van der Waals surface area contributed by atoms with Gasteiger partial charge >= 0.3 is 0 Å². The first kappa shape index (κ1) is 7.29. The number of alkyl halides is 2. The first-order valence-corrected chi connectivity index (χ1v) is 3.79. The zero-order valence-electron chi connectivity index (χ0n) is 5.32. The van der Waals surface area contributed by atoms with Gasteiger partial charge in [-0.1, -0.05) is 0 Å². The molecule has 1 atom stereocenters. The Hall–Kier alpha value is 0.180. The van der Waals surface area contributed by atoms with Crippen LogP contribution in [0.25, 0.3) is 0 Å². The molecule has 0 bridgehead atoms. The van der Waals surface area contributed by atoms with Crippen LogP contribution in [0.1, 0.15) is 6.42 Å². The molecule has 0 aliphatic carbocycles. The van der Waals surface area contributed by atoms with Gasteiger partial charge in [0.15, 0.2) is 0 Å². The molecular formula is C6H11ClFN. The summed E-state index contributed by atoms with van der Waals surface area (Å²) in [5.74, 6) is 0.618. The number of hydrogen-bond donors (Lipinski definition) is 0. The lowest BCUT2D eigenvalue weighted by Crippen LogP contribution is -2.22. The van der Waals surface area contributed by atoms with Crippen molar-refractivity contribution in [1.29, 1.82) is 0 Å². The van der Waals surface area contributed by atoms with Crippen LogP contribution in [0.3, 0.4) is 0 Å². The van der Waals surface area contributed by atoms with Crippen molar-refractivity contribution in [3.8, 4) is 0 Å². The van der Waals surface area contributed by atoms with Gasteiger partial charge in [-0.25, -0.2) is 4.39 Å². The second-order valence-corrected chi connectivity index (χ2v) is 2.75. The SMILES string of the molecule is F[C@H]1CCN(CCCl)C1. The largest absolute Gasteiger partial charge is 0.299 e. The molecule has 0 N–H and O–H groups in total. The molecule has 0 amide bonds. The number of likely N-dealkylation sites (tertiary alicyclic amines) is 1. The van der Waals surface area contributed by atoms with E-state index in [0.29, 0.717) is 18.8 Å². The summed E-state index contributed by atoms with van der Waals surface area (Å²) in [4.78, 5) is 2.05. The van der Waals surface area contributed by atoms with E-state index in [1.54, 1.807) is 0 Å². The zero-order valence-corrected chi connectivity index (χ0v) is 6.07. The predicted octanol–water partition coefficient (Wildman–Crippen LogP) is 1.27. The van der Waals surface area contributed by atoms with Gasteiger partial charge in [0.2, 0.25) is 0 Å². The summed E-state index contributed by atoms with van der Waals surface area (Å²) in [6.07, 6.45) is 0.0879. The van der Waals surface area contributed by atoms with Crippen LogP contribution in [0, 0.1) is 0 Å². The molecule has 1 saturated heterocycles. The third-order valence-electron chi connectivity index (χ3n) is 1.62. The van der Waals surface area contributed by atoms with Crippen molar-refractivity contribution >= 4 is 11.6 Å². The van der Waals surface area contributed by atoms with E-state index in [0.717, 1.165) is 13.1 Å². The fraction of sp³-hybridized carbons (Fsp3) is 1.00. The Balaban J connectivity index is 2.14. The van der Waals surface area contributed by atoms with Crippen molar-refractivity contribution in [2.24, 2.45) is 0 Å². The smallest absolute Gasteiger partial charge is 0.114 e. The quantitative estimate of drug-likeness (QED) is 0.538. The first-order chi connectivity index (χ1) is 4.33. The molecule has 0 unspecified atom stereocenters. The second-order valence-electron chi connectivity index (χ2n) is 2.38. The monoisotopic (exact) mass is 151 g/mol. The Labute approximate surface area is 59.8 Å². The molecule has 3 heteroatoms. The molecule has 1 heterocycles. The fourth-order valence-electron chi connectivity index (χ4n) is 1.11. The number of nitrogens with zero attached hydrogens (tertiary/aromatic N) is 1. The Morgan fingerprint density at radius 3 is 2.89 bits per heavy atom. The summed E-state index contributed by atoms with van der Waals surface area (Å²) in [7, 11) is 0. The maximum absolute atomic E-state index is 12.4. The molecule has 0 aromatic carbocycles. The van der Waals surface area contributed by atoms with E-state index in [1.165, 1.54) is 0 Å². The minimum atomic E-state index is -0.604. The third kappa shape index (κ3) is 2.11. The van der Waals surface area contributed by atoms with Crippen molar-refractivity contribution in [3.63, 3.8) is 0 Å². The van der Waals surface area contributed by atoms with Gasteiger partial charge in [-0.05, 0) is 6.42 Å². The molecule has 1 fully saturated rings. The molecular weight excluding hydrogens is 141 g/mol. The molecule has 1 aliphatic heterocycles. The van der Waals surface area contributed by atoms with Crippen LogP contribution in [-0.2, 0) is 0 Å². The fourth-order valence-corrected chi connectivity index (χ4v) is 1.35. The Bertz CT molecular complexity index is 87.1. The lowest BCUT2D eigenvalue weighted by Gasteiger charge is -2.10. The van der Waals surface area contributed by atoms with Gasteiger partial charge in [0.25, 0.3) is 0 Å². The van der Waals surface area contributed by atoms with Gasteiger partial charge in [-0.15, -0.1) is 11.6 Å². The molecule has 1 rings (SSSR count). The standard InChI is InChI=1S/C6H11ClFN/c7-2-4-9-3-1-6(8)5-9/h6H,1-5H2/t6-/m0/s1. The van der Waals surface area contributed by atoms with Crippen LogP contribution < -0.4 is 0 Å². The number of hydrogen-bond acceptors (Lipinski definition) is 1. The van der Waals surface area contributed by atoms with Crippen LogP contribution in [0.15, 0.2) is 0 Å². The maximum Gasteiger partial charge on any atom is 0.114 e. The van der Waals surface area contributed by atoms with Crippen molar-refractivity contribution in [3.05, 3.63) is 0 Å². The lowest BCUT2D eigenvalue weighted by molar-refractivity contribution is 0.299. The highest BCUT2D eigenvalue weighted by Gasteiger charge is 2.20. The average Bonchev–Trinajstić information content (AvgIpc) is 2.17. The molecule has 1 aliphatic rings. The van der Waals surface area contributed by atoms with Crippen molar-refractivity contribution in [2.75, 3.05) is 25.5 Å². The van der Waals surface area contributed by atoms with Crippen LogP contribution in [0.2, 0.25) is 0 Å². The van der Waals surface area contributed by atoms with E-state index in [1.807, 2.05) is 0 Å². The Morgan fingerprint density at radius 2 is 2.44 bits per heavy atom. The van der Waals surface area contributed by atoms with Crippen LogP contribution >= 0.6 is 11.6 Å². The summed E-state index contributed by atoms with van der Waals surface area (Å²) in [5.41, 5.74) is 0. The normalized spacial score (nSPS) is 29.3. The maximum atomic E-state index is 12.4. The molecule has 0 aromatic rings. The highest BCUT2D eigenvalue weighted by atomic mass is 35.5. The van der Waals surface area contributed by atoms with Gasteiger partial charge in [-0.2, -0.15) is 0 Å². The van der Waals surface area contributed by atoms with E-state index >= 15 is 0 Å². The van der Waals surface area contributed by atoms with Gasteiger partial charge in [-0.3, -0.25) is 4.90 Å². The third-order valence-corrected chi connectivity index (χ3v) is 1.78. The van der Waals surface area contributed by atoms with Crippen LogP contribution in [0.5, 0.6) is 0 Å². The first-order valence-electron chi connectivity index (χ1n) is 3.25. The van der Waals surface area contributed by atoms with Crippen molar-refractivity contribution < 1.29 is 4.39 Å². The van der Waals surface area contributed by atoms with Crippen molar-refractivity contribution in [1.82, 2.24) is 4.90 Å². The number of rotatable bonds is 2. The minimum absolute atomic E-state index is 0.590. The Kier molecular flexibility index (Phi) is 2.73. The molecule has 0 aromatic heterocycles. The highest BCUT2D eigenvalue weighted by molar-refractivity contribution is 6.18. The number of halogens is 2. The van der Waals surface area contributed by atoms with E-state index in [9.17, 15) is 4.39 Å². The predicted molar refractivity (Wildman–Crippen MR) is 36.7 cm³/mol. The molecule has 1 nitrogen and oxygen atoms in total. The van der Waals surface area contributed by atoms with Gasteiger partial charge < -0.3 is 0 Å². The van der Waals surface area contributed by atoms with E-state index < -0.39 is 6.17 Å².